The first kappa shape index (κ1) is 16.8. The maximum absolute atomic E-state index is 12.3. The Morgan fingerprint density at radius 1 is 1.13 bits per heavy atom. The van der Waals surface area contributed by atoms with Gasteiger partial charge < -0.3 is 20.3 Å². The van der Waals surface area contributed by atoms with E-state index in [1.807, 2.05) is 0 Å². The molecule has 1 aromatic carbocycles. The Morgan fingerprint density at radius 2 is 1.74 bits per heavy atom. The standard InChI is InChI=1S/C16H21N3O4/c1-11(20)17-13-4-3-5-14(10-13)18-15(21)12-6-8-19(9-7-12)16(22)23-2/h3-5,10,12H,6-9H2,1-2H3,(H,17,20)(H,18,21). The molecule has 1 fully saturated rings. The Kier molecular flexibility index (Phi) is 5.56. The van der Waals surface area contributed by atoms with E-state index in [-0.39, 0.29) is 23.8 Å². The van der Waals surface area contributed by atoms with Crippen LogP contribution in [0.3, 0.4) is 0 Å². The molecule has 1 aliphatic heterocycles. The Labute approximate surface area is 135 Å². The zero-order valence-corrected chi connectivity index (χ0v) is 13.3. The topological polar surface area (TPSA) is 87.7 Å². The summed E-state index contributed by atoms with van der Waals surface area (Å²) in [6.07, 6.45) is 0.852. The van der Waals surface area contributed by atoms with Gasteiger partial charge in [0.2, 0.25) is 11.8 Å². The number of carbonyl (C=O) groups is 3. The highest BCUT2D eigenvalue weighted by molar-refractivity contribution is 5.94. The van der Waals surface area contributed by atoms with Crippen LogP contribution in [-0.2, 0) is 14.3 Å². The van der Waals surface area contributed by atoms with Crippen LogP contribution in [0.4, 0.5) is 16.2 Å². The lowest BCUT2D eigenvalue weighted by atomic mass is 9.96. The van der Waals surface area contributed by atoms with Gasteiger partial charge in [-0.05, 0) is 31.0 Å². The van der Waals surface area contributed by atoms with Crippen molar-refractivity contribution < 1.29 is 19.1 Å². The van der Waals surface area contributed by atoms with Crippen LogP contribution in [0.5, 0.6) is 0 Å². The molecule has 0 unspecified atom stereocenters. The fourth-order valence-corrected chi connectivity index (χ4v) is 2.58. The van der Waals surface area contributed by atoms with Gasteiger partial charge in [-0.3, -0.25) is 9.59 Å². The van der Waals surface area contributed by atoms with Crippen LogP contribution in [0.25, 0.3) is 0 Å². The second kappa shape index (κ2) is 7.62. The zero-order chi connectivity index (χ0) is 16.8. The third-order valence-electron chi connectivity index (χ3n) is 3.75. The quantitative estimate of drug-likeness (QED) is 0.892. The lowest BCUT2D eigenvalue weighted by molar-refractivity contribution is -0.121. The number of anilines is 2. The van der Waals surface area contributed by atoms with Gasteiger partial charge in [-0.15, -0.1) is 0 Å². The summed E-state index contributed by atoms with van der Waals surface area (Å²) in [6.45, 7) is 2.45. The smallest absolute Gasteiger partial charge is 0.409 e. The maximum atomic E-state index is 12.3. The number of methoxy groups -OCH3 is 1. The van der Waals surface area contributed by atoms with Crippen LogP contribution in [0.2, 0.25) is 0 Å². The Bertz CT molecular complexity index is 595. The maximum Gasteiger partial charge on any atom is 0.409 e. The molecule has 124 valence electrons. The van der Waals surface area contributed by atoms with E-state index < -0.39 is 0 Å². The van der Waals surface area contributed by atoms with Gasteiger partial charge in [-0.2, -0.15) is 0 Å². The molecule has 3 amide bonds. The summed E-state index contributed by atoms with van der Waals surface area (Å²) in [5.74, 6) is -0.376. The molecule has 23 heavy (non-hydrogen) atoms. The number of amides is 3. The van der Waals surface area contributed by atoms with Gasteiger partial charge >= 0.3 is 6.09 Å². The van der Waals surface area contributed by atoms with E-state index in [1.165, 1.54) is 14.0 Å². The lowest BCUT2D eigenvalue weighted by Crippen LogP contribution is -2.41. The van der Waals surface area contributed by atoms with Crippen molar-refractivity contribution in [2.75, 3.05) is 30.8 Å². The number of nitrogens with one attached hydrogen (secondary N) is 2. The van der Waals surface area contributed by atoms with Crippen molar-refractivity contribution in [2.24, 2.45) is 5.92 Å². The third kappa shape index (κ3) is 4.70. The molecular weight excluding hydrogens is 298 g/mol. The SMILES string of the molecule is COC(=O)N1CCC(C(=O)Nc2cccc(NC(C)=O)c2)CC1. The number of hydrogen-bond acceptors (Lipinski definition) is 4. The summed E-state index contributed by atoms with van der Waals surface area (Å²) < 4.78 is 4.68. The molecule has 0 spiro atoms. The average Bonchev–Trinajstić information content (AvgIpc) is 2.54. The summed E-state index contributed by atoms with van der Waals surface area (Å²) in [7, 11) is 1.35. The average molecular weight is 319 g/mol. The zero-order valence-electron chi connectivity index (χ0n) is 13.3. The second-order valence-corrected chi connectivity index (χ2v) is 5.48. The molecule has 2 N–H and O–H groups in total. The van der Waals surface area contributed by atoms with Crippen LogP contribution < -0.4 is 10.6 Å². The minimum absolute atomic E-state index is 0.0745. The molecule has 1 aromatic rings. The van der Waals surface area contributed by atoms with Gasteiger partial charge in [-0.25, -0.2) is 4.79 Å². The van der Waals surface area contributed by atoms with Crippen LogP contribution in [0.15, 0.2) is 24.3 Å². The van der Waals surface area contributed by atoms with Crippen LogP contribution in [0, 0.1) is 5.92 Å². The largest absolute Gasteiger partial charge is 0.453 e. The van der Waals surface area contributed by atoms with Gasteiger partial charge in [0, 0.05) is 37.3 Å². The number of rotatable bonds is 3. The predicted octanol–water partition coefficient (Wildman–Crippen LogP) is 2.06. The van der Waals surface area contributed by atoms with E-state index >= 15 is 0 Å². The molecule has 0 saturated carbocycles. The monoisotopic (exact) mass is 319 g/mol. The number of piperidine rings is 1. The lowest BCUT2D eigenvalue weighted by Gasteiger charge is -2.30. The van der Waals surface area contributed by atoms with Crippen molar-refractivity contribution in [3.8, 4) is 0 Å². The van der Waals surface area contributed by atoms with Crippen molar-refractivity contribution in [3.63, 3.8) is 0 Å². The molecule has 1 heterocycles. The van der Waals surface area contributed by atoms with E-state index in [9.17, 15) is 14.4 Å². The summed E-state index contributed by atoms with van der Waals surface area (Å²) in [4.78, 5) is 36.4. The fraction of sp³-hybridized carbons (Fsp3) is 0.438. The van der Waals surface area contributed by atoms with Crippen molar-refractivity contribution in [1.82, 2.24) is 4.90 Å². The van der Waals surface area contributed by atoms with Crippen molar-refractivity contribution in [3.05, 3.63) is 24.3 Å². The third-order valence-corrected chi connectivity index (χ3v) is 3.75. The molecule has 0 bridgehead atoms. The Morgan fingerprint density at radius 3 is 2.30 bits per heavy atom. The first-order chi connectivity index (χ1) is 11.0. The Balaban J connectivity index is 1.90. The summed E-state index contributed by atoms with van der Waals surface area (Å²) in [5, 5.41) is 5.53. The second-order valence-electron chi connectivity index (χ2n) is 5.48. The number of ether oxygens (including phenoxy) is 1. The summed E-state index contributed by atoms with van der Waals surface area (Å²) >= 11 is 0. The molecule has 1 aliphatic rings. The van der Waals surface area contributed by atoms with Gasteiger partial charge in [0.25, 0.3) is 0 Å². The van der Waals surface area contributed by atoms with E-state index in [4.69, 9.17) is 0 Å². The highest BCUT2D eigenvalue weighted by atomic mass is 16.5. The minimum atomic E-state index is -0.355. The van der Waals surface area contributed by atoms with Crippen LogP contribution in [0.1, 0.15) is 19.8 Å². The first-order valence-corrected chi connectivity index (χ1v) is 7.51. The van der Waals surface area contributed by atoms with Crippen molar-refractivity contribution >= 4 is 29.3 Å². The van der Waals surface area contributed by atoms with Crippen LogP contribution in [-0.4, -0.2) is 43.0 Å². The summed E-state index contributed by atoms with van der Waals surface area (Å²) in [6, 6.07) is 7.00. The number of likely N-dealkylation sites (tertiary alicyclic amines) is 1. The van der Waals surface area contributed by atoms with Gasteiger partial charge in [0.15, 0.2) is 0 Å². The highest BCUT2D eigenvalue weighted by Gasteiger charge is 2.27. The highest BCUT2D eigenvalue weighted by Crippen LogP contribution is 2.21. The van der Waals surface area contributed by atoms with E-state index in [0.29, 0.717) is 37.3 Å². The minimum Gasteiger partial charge on any atom is -0.453 e. The summed E-state index contributed by atoms with van der Waals surface area (Å²) in [5.41, 5.74) is 1.27. The number of hydrogen-bond donors (Lipinski definition) is 2. The Hall–Kier alpha value is -2.57. The molecule has 7 nitrogen and oxygen atoms in total. The number of carbonyl (C=O) groups excluding carboxylic acids is 3. The molecule has 1 saturated heterocycles. The number of benzene rings is 1. The molecule has 0 aliphatic carbocycles. The number of nitrogens with zero attached hydrogens (tertiary/aromatic N) is 1. The van der Waals surface area contributed by atoms with Crippen molar-refractivity contribution in [1.29, 1.82) is 0 Å². The van der Waals surface area contributed by atoms with Crippen molar-refractivity contribution in [2.45, 2.75) is 19.8 Å². The first-order valence-electron chi connectivity index (χ1n) is 7.51. The molecule has 2 rings (SSSR count). The van der Waals surface area contributed by atoms with Crippen LogP contribution >= 0.6 is 0 Å². The van der Waals surface area contributed by atoms with Gasteiger partial charge in [-0.1, -0.05) is 6.07 Å². The normalized spacial score (nSPS) is 15.0. The fourth-order valence-electron chi connectivity index (χ4n) is 2.58. The molecule has 0 radical (unpaired) electrons. The molecule has 0 aromatic heterocycles. The molecule has 0 atom stereocenters. The van der Waals surface area contributed by atoms with E-state index in [0.717, 1.165) is 0 Å². The van der Waals surface area contributed by atoms with E-state index in [1.54, 1.807) is 29.2 Å². The van der Waals surface area contributed by atoms with E-state index in [2.05, 4.69) is 15.4 Å². The van der Waals surface area contributed by atoms with Gasteiger partial charge in [0.05, 0.1) is 7.11 Å². The predicted molar refractivity (Wildman–Crippen MR) is 86.1 cm³/mol. The van der Waals surface area contributed by atoms with Gasteiger partial charge in [0.1, 0.15) is 0 Å². The molecule has 7 heteroatoms. The molecular formula is C16H21N3O4.